The van der Waals surface area contributed by atoms with E-state index in [1.54, 1.807) is 26.3 Å². The third-order valence-electron chi connectivity index (χ3n) is 3.88. The highest BCUT2D eigenvalue weighted by atomic mass is 35.5. The van der Waals surface area contributed by atoms with Gasteiger partial charge in [-0.25, -0.2) is 4.99 Å². The lowest BCUT2D eigenvalue weighted by atomic mass is 10.1. The van der Waals surface area contributed by atoms with E-state index in [0.717, 1.165) is 5.56 Å². The SMILES string of the molecule is CCOc1c(/C=C2/SC(=Nc3ccccc3Cl)N(C)C2=O)cccc1OC. The average Bonchev–Trinajstić information content (AvgIpc) is 2.93. The molecule has 0 saturated carbocycles. The van der Waals surface area contributed by atoms with Gasteiger partial charge in [-0.15, -0.1) is 0 Å². The maximum atomic E-state index is 12.7. The molecule has 2 aromatic carbocycles. The van der Waals surface area contributed by atoms with Gasteiger partial charge in [-0.1, -0.05) is 35.9 Å². The van der Waals surface area contributed by atoms with E-state index < -0.39 is 0 Å². The largest absolute Gasteiger partial charge is 0.493 e. The zero-order valence-electron chi connectivity index (χ0n) is 15.2. The van der Waals surface area contributed by atoms with Gasteiger partial charge in [-0.05, 0) is 43.0 Å². The summed E-state index contributed by atoms with van der Waals surface area (Å²) in [6, 6.07) is 12.8. The van der Waals surface area contributed by atoms with E-state index in [0.29, 0.717) is 38.9 Å². The van der Waals surface area contributed by atoms with Crippen LogP contribution in [0.5, 0.6) is 11.5 Å². The van der Waals surface area contributed by atoms with E-state index in [-0.39, 0.29) is 5.91 Å². The van der Waals surface area contributed by atoms with Crippen LogP contribution in [-0.4, -0.2) is 36.7 Å². The molecule has 1 heterocycles. The number of amidine groups is 1. The normalized spacial score (nSPS) is 17.0. The lowest BCUT2D eigenvalue weighted by Crippen LogP contribution is -2.23. The highest BCUT2D eigenvalue weighted by Gasteiger charge is 2.31. The van der Waals surface area contributed by atoms with Crippen LogP contribution in [0.15, 0.2) is 52.4 Å². The number of hydrogen-bond donors (Lipinski definition) is 0. The van der Waals surface area contributed by atoms with Gasteiger partial charge in [0.1, 0.15) is 0 Å². The molecule has 0 radical (unpaired) electrons. The topological polar surface area (TPSA) is 51.1 Å². The van der Waals surface area contributed by atoms with Crippen LogP contribution in [0, 0.1) is 0 Å². The summed E-state index contributed by atoms with van der Waals surface area (Å²) in [5.41, 5.74) is 1.40. The van der Waals surface area contributed by atoms with Crippen LogP contribution in [0.25, 0.3) is 6.08 Å². The molecular weight excluding hydrogens is 384 g/mol. The number of para-hydroxylation sites is 2. The Balaban J connectivity index is 1.97. The van der Waals surface area contributed by atoms with Gasteiger partial charge in [0, 0.05) is 12.6 Å². The van der Waals surface area contributed by atoms with Gasteiger partial charge in [0.05, 0.1) is 29.3 Å². The van der Waals surface area contributed by atoms with Crippen LogP contribution in [0.1, 0.15) is 12.5 Å². The van der Waals surface area contributed by atoms with Crippen LogP contribution in [0.2, 0.25) is 5.02 Å². The molecule has 5 nitrogen and oxygen atoms in total. The molecule has 1 aliphatic heterocycles. The van der Waals surface area contributed by atoms with Crippen molar-refractivity contribution in [1.82, 2.24) is 4.90 Å². The van der Waals surface area contributed by atoms with Crippen molar-refractivity contribution in [2.24, 2.45) is 4.99 Å². The molecule has 0 spiro atoms. The lowest BCUT2D eigenvalue weighted by molar-refractivity contribution is -0.121. The molecule has 7 heteroatoms. The molecule has 0 aliphatic carbocycles. The van der Waals surface area contributed by atoms with Crippen LogP contribution in [0.3, 0.4) is 0 Å². The minimum absolute atomic E-state index is 0.129. The Labute approximate surface area is 167 Å². The summed E-state index contributed by atoms with van der Waals surface area (Å²) in [4.78, 5) is 19.3. The maximum Gasteiger partial charge on any atom is 0.266 e. The molecule has 0 bridgehead atoms. The number of methoxy groups -OCH3 is 1. The summed E-state index contributed by atoms with van der Waals surface area (Å²) < 4.78 is 11.1. The van der Waals surface area contributed by atoms with Gasteiger partial charge < -0.3 is 9.47 Å². The van der Waals surface area contributed by atoms with E-state index in [1.807, 2.05) is 43.3 Å². The summed E-state index contributed by atoms with van der Waals surface area (Å²) >= 11 is 7.47. The number of rotatable bonds is 5. The van der Waals surface area contributed by atoms with Gasteiger partial charge in [-0.2, -0.15) is 0 Å². The smallest absolute Gasteiger partial charge is 0.266 e. The molecule has 1 amide bonds. The first-order valence-electron chi connectivity index (χ1n) is 8.35. The number of carbonyl (C=O) groups is 1. The molecule has 3 rings (SSSR count). The number of aliphatic imine (C=N–C) groups is 1. The number of amides is 1. The number of carbonyl (C=O) groups excluding carboxylic acids is 1. The Morgan fingerprint density at radius 1 is 1.22 bits per heavy atom. The van der Waals surface area contributed by atoms with Crippen LogP contribution in [0.4, 0.5) is 5.69 Å². The minimum atomic E-state index is -0.129. The Bertz CT molecular complexity index is 927. The van der Waals surface area contributed by atoms with E-state index in [4.69, 9.17) is 21.1 Å². The summed E-state index contributed by atoms with van der Waals surface area (Å²) in [6.07, 6.45) is 1.80. The Morgan fingerprint density at radius 2 is 2.00 bits per heavy atom. The highest BCUT2D eigenvalue weighted by molar-refractivity contribution is 8.18. The van der Waals surface area contributed by atoms with Crippen molar-refractivity contribution < 1.29 is 14.3 Å². The van der Waals surface area contributed by atoms with E-state index in [1.165, 1.54) is 16.7 Å². The first kappa shape index (κ1) is 19.3. The molecule has 1 fully saturated rings. The molecule has 1 saturated heterocycles. The van der Waals surface area contributed by atoms with Crippen LogP contribution in [-0.2, 0) is 4.79 Å². The molecule has 0 N–H and O–H groups in total. The maximum absolute atomic E-state index is 12.7. The van der Waals surface area contributed by atoms with Gasteiger partial charge in [-0.3, -0.25) is 9.69 Å². The second-order valence-corrected chi connectivity index (χ2v) is 7.05. The third kappa shape index (κ3) is 4.12. The summed E-state index contributed by atoms with van der Waals surface area (Å²) in [5, 5.41) is 1.11. The fourth-order valence-corrected chi connectivity index (χ4v) is 3.69. The first-order chi connectivity index (χ1) is 13.0. The minimum Gasteiger partial charge on any atom is -0.493 e. The monoisotopic (exact) mass is 402 g/mol. The fraction of sp³-hybridized carbons (Fsp3) is 0.200. The van der Waals surface area contributed by atoms with E-state index >= 15 is 0 Å². The zero-order chi connectivity index (χ0) is 19.4. The predicted molar refractivity (Wildman–Crippen MR) is 111 cm³/mol. The predicted octanol–water partition coefficient (Wildman–Crippen LogP) is 4.98. The average molecular weight is 403 g/mol. The number of likely N-dealkylation sites (N-methyl/N-ethyl adjacent to an activating group) is 1. The van der Waals surface area contributed by atoms with Crippen LogP contribution >= 0.6 is 23.4 Å². The van der Waals surface area contributed by atoms with Crippen LogP contribution < -0.4 is 9.47 Å². The molecule has 0 atom stereocenters. The third-order valence-corrected chi connectivity index (χ3v) is 5.26. The Hall–Kier alpha value is -2.44. The quantitative estimate of drug-likeness (QED) is 0.662. The van der Waals surface area contributed by atoms with Crippen molar-refractivity contribution in [1.29, 1.82) is 0 Å². The molecule has 27 heavy (non-hydrogen) atoms. The van der Waals surface area contributed by atoms with Gasteiger partial charge >= 0.3 is 0 Å². The summed E-state index contributed by atoms with van der Waals surface area (Å²) in [6.45, 7) is 2.40. The van der Waals surface area contributed by atoms with Crippen molar-refractivity contribution in [3.05, 3.63) is 58.0 Å². The van der Waals surface area contributed by atoms with Crippen molar-refractivity contribution in [2.45, 2.75) is 6.92 Å². The molecule has 0 unspecified atom stereocenters. The number of hydrogen-bond acceptors (Lipinski definition) is 5. The number of halogens is 1. The second-order valence-electron chi connectivity index (χ2n) is 5.63. The van der Waals surface area contributed by atoms with Crippen molar-refractivity contribution in [3.8, 4) is 11.5 Å². The number of benzene rings is 2. The molecule has 2 aromatic rings. The van der Waals surface area contributed by atoms with Crippen molar-refractivity contribution in [3.63, 3.8) is 0 Å². The van der Waals surface area contributed by atoms with Gasteiger partial charge in [0.25, 0.3) is 5.91 Å². The summed E-state index contributed by atoms with van der Waals surface area (Å²) in [7, 11) is 3.28. The lowest BCUT2D eigenvalue weighted by Gasteiger charge is -2.12. The standard InChI is InChI=1S/C20H19ClN2O3S/c1-4-26-18-13(8-7-11-16(18)25-3)12-17-19(24)23(2)20(27-17)22-15-10-6-5-9-14(15)21/h5-12H,4H2,1-3H3/b17-12+,22-20?. The van der Waals surface area contributed by atoms with Gasteiger partial charge in [0.2, 0.25) is 0 Å². The zero-order valence-corrected chi connectivity index (χ0v) is 16.8. The number of nitrogens with zero attached hydrogens (tertiary/aromatic N) is 2. The Kier molecular flexibility index (Phi) is 6.08. The molecule has 0 aromatic heterocycles. The van der Waals surface area contributed by atoms with E-state index in [2.05, 4.69) is 4.99 Å². The Morgan fingerprint density at radius 3 is 2.70 bits per heavy atom. The molecule has 140 valence electrons. The number of ether oxygens (including phenoxy) is 2. The second kappa shape index (κ2) is 8.50. The van der Waals surface area contributed by atoms with Gasteiger partial charge in [0.15, 0.2) is 16.7 Å². The van der Waals surface area contributed by atoms with Crippen molar-refractivity contribution in [2.75, 3.05) is 20.8 Å². The molecule has 1 aliphatic rings. The molecular formula is C20H19ClN2O3S. The van der Waals surface area contributed by atoms with Crippen molar-refractivity contribution >= 4 is 46.2 Å². The number of thioether (sulfide) groups is 1. The highest BCUT2D eigenvalue weighted by Crippen LogP contribution is 2.38. The first-order valence-corrected chi connectivity index (χ1v) is 9.55. The summed E-state index contributed by atoms with van der Waals surface area (Å²) in [5.74, 6) is 1.11. The fourth-order valence-electron chi connectivity index (χ4n) is 2.54. The van der Waals surface area contributed by atoms with E-state index in [9.17, 15) is 4.79 Å².